The summed E-state index contributed by atoms with van der Waals surface area (Å²) in [5.41, 5.74) is 0.156. The van der Waals surface area contributed by atoms with E-state index in [9.17, 15) is 19.2 Å². The number of benzene rings is 4. The van der Waals surface area contributed by atoms with Crippen LogP contribution in [0.15, 0.2) is 121 Å². The third kappa shape index (κ3) is 7.97. The molecule has 230 valence electrons. The molecular formula is C35H30O9S. The van der Waals surface area contributed by atoms with Crippen LogP contribution in [0.2, 0.25) is 0 Å². The topological polar surface area (TPSA) is 114 Å². The summed E-state index contributed by atoms with van der Waals surface area (Å²) in [4.78, 5) is 52.9. The number of esters is 4. The summed E-state index contributed by atoms with van der Waals surface area (Å²) in [7, 11) is 0. The first kappa shape index (κ1) is 31.5. The number of thioether (sulfide) groups is 1. The maximum absolute atomic E-state index is 13.4. The van der Waals surface area contributed by atoms with E-state index in [0.29, 0.717) is 5.56 Å². The minimum absolute atomic E-state index is 0.232. The Hall–Kier alpha value is -4.93. The number of ether oxygens (including phenoxy) is 5. The van der Waals surface area contributed by atoms with Gasteiger partial charge >= 0.3 is 23.9 Å². The molecule has 2 unspecified atom stereocenters. The van der Waals surface area contributed by atoms with Gasteiger partial charge in [0, 0.05) is 0 Å². The first-order chi connectivity index (χ1) is 21.9. The van der Waals surface area contributed by atoms with Gasteiger partial charge in [0.05, 0.1) is 22.3 Å². The van der Waals surface area contributed by atoms with Gasteiger partial charge in [0.25, 0.3) is 0 Å². The van der Waals surface area contributed by atoms with Gasteiger partial charge in [-0.25, -0.2) is 19.2 Å². The maximum Gasteiger partial charge on any atom is 0.338 e. The quantitative estimate of drug-likeness (QED) is 0.163. The molecule has 1 heterocycles. The second-order valence-corrected chi connectivity index (χ2v) is 10.9. The Kier molecular flexibility index (Phi) is 10.6. The molecule has 1 aliphatic heterocycles. The van der Waals surface area contributed by atoms with Gasteiger partial charge in [-0.05, 0) is 54.8 Å². The second kappa shape index (κ2) is 15.2. The highest BCUT2D eigenvalue weighted by Crippen LogP contribution is 2.34. The lowest BCUT2D eigenvalue weighted by molar-refractivity contribution is -0.207. The van der Waals surface area contributed by atoms with E-state index >= 15 is 0 Å². The Morgan fingerprint density at radius 2 is 0.889 bits per heavy atom. The Balaban J connectivity index is 1.50. The van der Waals surface area contributed by atoms with Crippen molar-refractivity contribution in [1.82, 2.24) is 0 Å². The molecule has 0 bridgehead atoms. The molecule has 0 saturated carbocycles. The lowest BCUT2D eigenvalue weighted by atomic mass is 9.98. The van der Waals surface area contributed by atoms with Crippen LogP contribution in [0.25, 0.3) is 0 Å². The van der Waals surface area contributed by atoms with Crippen molar-refractivity contribution in [2.75, 3.05) is 12.9 Å². The molecule has 0 aliphatic carbocycles. The molecule has 4 aromatic carbocycles. The van der Waals surface area contributed by atoms with Crippen LogP contribution in [0.1, 0.15) is 41.4 Å². The Morgan fingerprint density at radius 3 is 1.29 bits per heavy atom. The van der Waals surface area contributed by atoms with Gasteiger partial charge in [0.1, 0.15) is 18.1 Å². The van der Waals surface area contributed by atoms with Crippen molar-refractivity contribution >= 4 is 35.6 Å². The standard InChI is InChI=1S/C35H30O9S/c1-45-35-30(44-34(39)26-20-12-5-13-21-26)29(43-33(38)25-18-10-4-11-19-25)28(42-32(37)24-16-8-3-9-17-24)27(41-35)22-40-31(36)23-14-6-2-7-15-23/h2-21,27-30,35H,22H2,1H3/t27-,28-,29?,30-,35?/m1/s1. The normalized spacial score (nSPS) is 20.8. The van der Waals surface area contributed by atoms with E-state index in [2.05, 4.69) is 0 Å². The van der Waals surface area contributed by atoms with E-state index in [-0.39, 0.29) is 23.3 Å². The highest BCUT2D eigenvalue weighted by Gasteiger charge is 2.53. The summed E-state index contributed by atoms with van der Waals surface area (Å²) < 4.78 is 29.8. The third-order valence-electron chi connectivity index (χ3n) is 6.97. The van der Waals surface area contributed by atoms with Crippen molar-refractivity contribution in [3.63, 3.8) is 0 Å². The van der Waals surface area contributed by atoms with Gasteiger partial charge in [-0.15, -0.1) is 11.8 Å². The summed E-state index contributed by atoms with van der Waals surface area (Å²) in [5.74, 6) is -2.78. The zero-order valence-corrected chi connectivity index (χ0v) is 25.0. The van der Waals surface area contributed by atoms with Crippen molar-refractivity contribution in [1.29, 1.82) is 0 Å². The zero-order chi connectivity index (χ0) is 31.6. The van der Waals surface area contributed by atoms with Crippen LogP contribution in [-0.2, 0) is 23.7 Å². The summed E-state index contributed by atoms with van der Waals surface area (Å²) in [6.45, 7) is -0.351. The van der Waals surface area contributed by atoms with Gasteiger partial charge in [-0.3, -0.25) is 0 Å². The largest absolute Gasteiger partial charge is 0.459 e. The number of carbonyl (C=O) groups is 4. The van der Waals surface area contributed by atoms with Crippen molar-refractivity contribution < 1.29 is 42.9 Å². The number of hydrogen-bond donors (Lipinski definition) is 0. The minimum atomic E-state index is -1.34. The molecule has 1 aliphatic rings. The average Bonchev–Trinajstić information content (AvgIpc) is 3.10. The highest BCUT2D eigenvalue weighted by molar-refractivity contribution is 7.99. The summed E-state index contributed by atoms with van der Waals surface area (Å²) in [6.07, 6.45) is -3.26. The SMILES string of the molecule is CSC1O[C@H](COC(=O)c2ccccc2)[C@@H](OC(=O)c2ccccc2)C(OC(=O)c2ccccc2)[C@H]1OC(=O)c1ccccc1. The lowest BCUT2D eigenvalue weighted by Crippen LogP contribution is -2.61. The van der Waals surface area contributed by atoms with Crippen LogP contribution in [0, 0.1) is 0 Å². The molecule has 0 spiro atoms. The lowest BCUT2D eigenvalue weighted by Gasteiger charge is -2.44. The Labute approximate surface area is 264 Å². The predicted octanol–water partition coefficient (Wildman–Crippen LogP) is 5.61. The minimum Gasteiger partial charge on any atom is -0.459 e. The molecule has 9 nitrogen and oxygen atoms in total. The van der Waals surface area contributed by atoms with Crippen molar-refractivity contribution in [3.05, 3.63) is 144 Å². The molecule has 1 saturated heterocycles. The average molecular weight is 627 g/mol. The van der Waals surface area contributed by atoms with Crippen LogP contribution in [-0.4, -0.2) is 66.6 Å². The second-order valence-electron chi connectivity index (χ2n) is 9.95. The number of rotatable bonds is 10. The van der Waals surface area contributed by atoms with Gasteiger partial charge in [0.15, 0.2) is 18.3 Å². The van der Waals surface area contributed by atoms with E-state index in [1.165, 1.54) is 11.8 Å². The first-order valence-electron chi connectivity index (χ1n) is 14.1. The summed E-state index contributed by atoms with van der Waals surface area (Å²) >= 11 is 1.20. The fraction of sp³-hybridized carbons (Fsp3) is 0.200. The van der Waals surface area contributed by atoms with Crippen LogP contribution >= 0.6 is 11.8 Å². The molecular weight excluding hydrogens is 596 g/mol. The molecule has 5 atom stereocenters. The summed E-state index contributed by atoms with van der Waals surface area (Å²) in [6, 6.07) is 33.2. The molecule has 0 N–H and O–H groups in total. The van der Waals surface area contributed by atoms with Crippen molar-refractivity contribution in [3.8, 4) is 0 Å². The van der Waals surface area contributed by atoms with Gasteiger partial charge in [-0.2, -0.15) is 0 Å². The van der Waals surface area contributed by atoms with E-state index in [1.807, 2.05) is 0 Å². The van der Waals surface area contributed by atoms with Crippen LogP contribution < -0.4 is 0 Å². The fourth-order valence-electron chi connectivity index (χ4n) is 4.72. The molecule has 10 heteroatoms. The van der Waals surface area contributed by atoms with Crippen LogP contribution in [0.5, 0.6) is 0 Å². The highest BCUT2D eigenvalue weighted by atomic mass is 32.2. The molecule has 5 rings (SSSR count). The maximum atomic E-state index is 13.4. The third-order valence-corrected chi connectivity index (χ3v) is 7.81. The zero-order valence-electron chi connectivity index (χ0n) is 24.2. The molecule has 4 aromatic rings. The number of carbonyl (C=O) groups excluding carboxylic acids is 4. The van der Waals surface area contributed by atoms with Gasteiger partial charge in [-0.1, -0.05) is 72.8 Å². The molecule has 0 amide bonds. The van der Waals surface area contributed by atoms with Crippen LogP contribution in [0.4, 0.5) is 0 Å². The van der Waals surface area contributed by atoms with Crippen LogP contribution in [0.3, 0.4) is 0 Å². The monoisotopic (exact) mass is 626 g/mol. The fourth-order valence-corrected chi connectivity index (χ4v) is 5.45. The van der Waals surface area contributed by atoms with Crippen molar-refractivity contribution in [2.24, 2.45) is 0 Å². The van der Waals surface area contributed by atoms with Gasteiger partial charge < -0.3 is 23.7 Å². The van der Waals surface area contributed by atoms with E-state index in [0.717, 1.165) is 0 Å². The molecule has 45 heavy (non-hydrogen) atoms. The predicted molar refractivity (Wildman–Crippen MR) is 166 cm³/mol. The van der Waals surface area contributed by atoms with E-state index < -0.39 is 53.7 Å². The Bertz CT molecular complexity index is 1580. The van der Waals surface area contributed by atoms with E-state index in [1.54, 1.807) is 128 Å². The molecule has 0 radical (unpaired) electrons. The smallest absolute Gasteiger partial charge is 0.338 e. The van der Waals surface area contributed by atoms with Crippen molar-refractivity contribution in [2.45, 2.75) is 29.9 Å². The summed E-state index contributed by atoms with van der Waals surface area (Å²) in [5, 5.41) is 0. The van der Waals surface area contributed by atoms with E-state index in [4.69, 9.17) is 23.7 Å². The first-order valence-corrected chi connectivity index (χ1v) is 15.4. The molecule has 0 aromatic heterocycles. The number of hydrogen-bond acceptors (Lipinski definition) is 10. The molecule has 1 fully saturated rings. The Morgan fingerprint density at radius 1 is 0.533 bits per heavy atom. The van der Waals surface area contributed by atoms with Gasteiger partial charge in [0.2, 0.25) is 0 Å².